The highest BCUT2D eigenvalue weighted by Gasteiger charge is 2.19. The molecule has 0 aromatic heterocycles. The zero-order valence-corrected chi connectivity index (χ0v) is 10.8. The van der Waals surface area contributed by atoms with Gasteiger partial charge in [-0.1, -0.05) is 0 Å². The van der Waals surface area contributed by atoms with Gasteiger partial charge in [-0.05, 0) is 6.07 Å². The first kappa shape index (κ1) is 14.4. The molecule has 1 N–H and O–H groups in total. The molecule has 2 rings (SSSR count). The molecule has 1 aliphatic rings. The predicted octanol–water partition coefficient (Wildman–Crippen LogP) is -0.0978. The normalized spacial score (nSPS) is 16.6. The second kappa shape index (κ2) is 6.44. The number of nitro groups is 1. The van der Waals surface area contributed by atoms with Crippen LogP contribution in [-0.4, -0.2) is 49.5 Å². The van der Waals surface area contributed by atoms with Gasteiger partial charge in [-0.25, -0.2) is 9.82 Å². The highest BCUT2D eigenvalue weighted by Crippen LogP contribution is 2.23. The Bertz CT molecular complexity index is 516. The van der Waals surface area contributed by atoms with Crippen LogP contribution in [0.15, 0.2) is 18.2 Å². The molecule has 0 atom stereocenters. The molecule has 0 bridgehead atoms. The van der Waals surface area contributed by atoms with Gasteiger partial charge in [0, 0.05) is 32.2 Å². The molecule has 106 valence electrons. The number of benzene rings is 1. The lowest BCUT2D eigenvalue weighted by Gasteiger charge is -2.23. The van der Waals surface area contributed by atoms with E-state index in [2.05, 4.69) is 5.43 Å². The SMILES string of the molecule is O=CBN1CCNN(c2ccc([N+](=O)[O-])cc2F)CC1. The van der Waals surface area contributed by atoms with Crippen LogP contribution < -0.4 is 10.4 Å². The van der Waals surface area contributed by atoms with Crippen molar-refractivity contribution in [3.05, 3.63) is 34.1 Å². The first-order valence-electron chi connectivity index (χ1n) is 6.23. The van der Waals surface area contributed by atoms with Gasteiger partial charge in [0.25, 0.3) is 13.1 Å². The number of nitrogens with one attached hydrogen (secondary N) is 1. The lowest BCUT2D eigenvalue weighted by molar-refractivity contribution is -0.385. The van der Waals surface area contributed by atoms with E-state index in [1.54, 1.807) is 5.01 Å². The number of non-ortho nitro benzene ring substituents is 1. The molecular formula is C11H14BFN4O3. The molecule has 1 aromatic carbocycles. The van der Waals surface area contributed by atoms with E-state index in [9.17, 15) is 19.3 Å². The van der Waals surface area contributed by atoms with Crippen molar-refractivity contribution >= 4 is 25.0 Å². The summed E-state index contributed by atoms with van der Waals surface area (Å²) in [7, 11) is 0.345. The van der Waals surface area contributed by atoms with E-state index >= 15 is 0 Å². The Hall–Kier alpha value is -2.00. The lowest BCUT2D eigenvalue weighted by atomic mass is 9.95. The predicted molar refractivity (Wildman–Crippen MR) is 73.9 cm³/mol. The first-order valence-corrected chi connectivity index (χ1v) is 6.23. The Balaban J connectivity index is 2.11. The quantitative estimate of drug-likeness (QED) is 0.359. The lowest BCUT2D eigenvalue weighted by Crippen LogP contribution is -2.39. The van der Waals surface area contributed by atoms with Crippen molar-refractivity contribution in [3.8, 4) is 0 Å². The van der Waals surface area contributed by atoms with Crippen LogP contribution in [0.2, 0.25) is 0 Å². The van der Waals surface area contributed by atoms with Gasteiger partial charge >= 0.3 is 0 Å². The highest BCUT2D eigenvalue weighted by atomic mass is 19.1. The minimum absolute atomic E-state index is 0.267. The molecular weight excluding hydrogens is 266 g/mol. The number of carbonyl (C=O) groups is 1. The van der Waals surface area contributed by atoms with E-state index < -0.39 is 10.7 Å². The van der Waals surface area contributed by atoms with E-state index in [1.807, 2.05) is 4.81 Å². The van der Waals surface area contributed by atoms with Crippen LogP contribution in [0, 0.1) is 15.9 Å². The topological polar surface area (TPSA) is 78.7 Å². The number of anilines is 1. The van der Waals surface area contributed by atoms with Crippen molar-refractivity contribution in [1.82, 2.24) is 10.2 Å². The fourth-order valence-electron chi connectivity index (χ4n) is 2.10. The van der Waals surface area contributed by atoms with Crippen LogP contribution in [0.5, 0.6) is 0 Å². The average Bonchev–Trinajstić information content (AvgIpc) is 2.65. The Morgan fingerprint density at radius 2 is 2.20 bits per heavy atom. The van der Waals surface area contributed by atoms with Gasteiger partial charge in [0.15, 0.2) is 5.82 Å². The number of hydrogen-bond acceptors (Lipinski definition) is 6. The number of carbonyl (C=O) groups excluding carboxylic acids is 1. The second-order valence-electron chi connectivity index (χ2n) is 4.42. The van der Waals surface area contributed by atoms with Gasteiger partial charge in [-0.15, -0.1) is 0 Å². The standard InChI is InChI=1S/C11H14BFN4O3/c13-10-7-9(17(19)20)1-2-11(10)16-6-5-15(12-8-18)4-3-14-16/h1-2,7-8,12,14H,3-6H2. The fraction of sp³-hybridized carbons (Fsp3) is 0.364. The summed E-state index contributed by atoms with van der Waals surface area (Å²) in [5.74, 6) is -0.643. The second-order valence-corrected chi connectivity index (χ2v) is 4.42. The fourth-order valence-corrected chi connectivity index (χ4v) is 2.10. The smallest absolute Gasteiger partial charge is 0.281 e. The summed E-state index contributed by atoms with van der Waals surface area (Å²) in [4.78, 5) is 22.4. The maximum absolute atomic E-state index is 13.9. The minimum atomic E-state index is -0.643. The van der Waals surface area contributed by atoms with E-state index in [4.69, 9.17) is 0 Å². The van der Waals surface area contributed by atoms with E-state index in [0.717, 1.165) is 12.3 Å². The molecule has 0 saturated carbocycles. The summed E-state index contributed by atoms with van der Waals surface area (Å²) < 4.78 is 13.9. The van der Waals surface area contributed by atoms with Crippen LogP contribution in [-0.2, 0) is 4.79 Å². The maximum atomic E-state index is 13.9. The van der Waals surface area contributed by atoms with Gasteiger partial charge < -0.3 is 14.6 Å². The minimum Gasteiger partial charge on any atom is -0.336 e. The third kappa shape index (κ3) is 3.31. The molecule has 0 unspecified atom stereocenters. The number of nitro benzene ring substituents is 1. The summed E-state index contributed by atoms with van der Waals surface area (Å²) in [5.41, 5.74) is 3.03. The Kier molecular flexibility index (Phi) is 4.64. The summed E-state index contributed by atoms with van der Waals surface area (Å²) in [5, 5.41) is 12.2. The van der Waals surface area contributed by atoms with Crippen molar-refractivity contribution in [3.63, 3.8) is 0 Å². The number of nitrogens with zero attached hydrogens (tertiary/aromatic N) is 3. The molecule has 1 saturated heterocycles. The molecule has 0 spiro atoms. The van der Waals surface area contributed by atoms with E-state index in [-0.39, 0.29) is 11.4 Å². The van der Waals surface area contributed by atoms with Crippen molar-refractivity contribution in [2.24, 2.45) is 0 Å². The van der Waals surface area contributed by atoms with Crippen LogP contribution in [0.3, 0.4) is 0 Å². The van der Waals surface area contributed by atoms with Crippen LogP contribution >= 0.6 is 0 Å². The molecule has 9 heteroatoms. The van der Waals surface area contributed by atoms with Crippen molar-refractivity contribution in [2.45, 2.75) is 0 Å². The van der Waals surface area contributed by atoms with Gasteiger partial charge in [-0.3, -0.25) is 10.1 Å². The number of rotatable bonds is 4. The van der Waals surface area contributed by atoms with Crippen LogP contribution in [0.1, 0.15) is 0 Å². The Morgan fingerprint density at radius 3 is 2.85 bits per heavy atom. The molecule has 1 aliphatic heterocycles. The molecule has 1 aromatic rings. The summed E-state index contributed by atoms with van der Waals surface area (Å²) in [6.07, 6.45) is 0.835. The molecule has 7 nitrogen and oxygen atoms in total. The third-order valence-electron chi connectivity index (χ3n) is 3.14. The third-order valence-corrected chi connectivity index (χ3v) is 3.14. The average molecular weight is 280 g/mol. The molecule has 0 amide bonds. The Labute approximate surface area is 115 Å². The van der Waals surface area contributed by atoms with Crippen LogP contribution in [0.25, 0.3) is 0 Å². The maximum Gasteiger partial charge on any atom is 0.281 e. The first-order chi connectivity index (χ1) is 9.61. The summed E-state index contributed by atoms with van der Waals surface area (Å²) in [6, 6.07) is 3.56. The largest absolute Gasteiger partial charge is 0.336 e. The molecule has 1 fully saturated rings. The summed E-state index contributed by atoms with van der Waals surface area (Å²) >= 11 is 0. The van der Waals surface area contributed by atoms with Gasteiger partial charge in [0.2, 0.25) is 0 Å². The number of halogens is 1. The molecule has 20 heavy (non-hydrogen) atoms. The Morgan fingerprint density at radius 1 is 1.40 bits per heavy atom. The molecule has 1 heterocycles. The van der Waals surface area contributed by atoms with Gasteiger partial charge in [0.05, 0.1) is 22.9 Å². The van der Waals surface area contributed by atoms with Crippen LogP contribution in [0.4, 0.5) is 15.8 Å². The molecule has 0 aliphatic carbocycles. The monoisotopic (exact) mass is 280 g/mol. The number of hydrazine groups is 1. The van der Waals surface area contributed by atoms with E-state index in [1.165, 1.54) is 12.1 Å². The molecule has 0 radical (unpaired) electrons. The highest BCUT2D eigenvalue weighted by molar-refractivity contribution is 6.64. The van der Waals surface area contributed by atoms with Crippen molar-refractivity contribution in [2.75, 3.05) is 31.2 Å². The number of hydrogen-bond donors (Lipinski definition) is 1. The van der Waals surface area contributed by atoms with Gasteiger partial charge in [-0.2, -0.15) is 0 Å². The van der Waals surface area contributed by atoms with E-state index in [0.29, 0.717) is 33.6 Å². The zero-order chi connectivity index (χ0) is 14.5. The van der Waals surface area contributed by atoms with Crippen molar-refractivity contribution < 1.29 is 14.1 Å². The zero-order valence-electron chi connectivity index (χ0n) is 10.8. The van der Waals surface area contributed by atoms with Crippen molar-refractivity contribution in [1.29, 1.82) is 0 Å². The summed E-state index contributed by atoms with van der Waals surface area (Å²) in [6.45, 7) is 2.36. The van der Waals surface area contributed by atoms with Gasteiger partial charge in [0.1, 0.15) is 0 Å².